The molecule has 1 heterocycles. The third kappa shape index (κ3) is 5.14. The molecular formula is C23H29N3O. The normalized spacial score (nSPS) is 15.1. The molecule has 1 aliphatic heterocycles. The van der Waals surface area contributed by atoms with Crippen molar-refractivity contribution in [2.45, 2.75) is 6.54 Å². The van der Waals surface area contributed by atoms with Crippen LogP contribution in [-0.4, -0.2) is 45.2 Å². The van der Waals surface area contributed by atoms with Gasteiger partial charge in [0.1, 0.15) is 5.75 Å². The molecular weight excluding hydrogens is 334 g/mol. The predicted octanol–water partition coefficient (Wildman–Crippen LogP) is 3.76. The number of ether oxygens (including phenoxy) is 1. The maximum absolute atomic E-state index is 5.50. The van der Waals surface area contributed by atoms with E-state index in [1.165, 1.54) is 16.8 Å². The molecule has 0 unspecified atom stereocenters. The third-order valence-corrected chi connectivity index (χ3v) is 4.98. The minimum absolute atomic E-state index is 0.909. The summed E-state index contributed by atoms with van der Waals surface area (Å²) in [5.41, 5.74) is 4.65. The van der Waals surface area contributed by atoms with Crippen molar-refractivity contribution in [3.63, 3.8) is 0 Å². The number of rotatable bonds is 7. The molecule has 1 aliphatic rings. The highest BCUT2D eigenvalue weighted by molar-refractivity contribution is 5.58. The van der Waals surface area contributed by atoms with Gasteiger partial charge in [-0.1, -0.05) is 49.1 Å². The van der Waals surface area contributed by atoms with Crippen LogP contribution in [0.4, 0.5) is 5.69 Å². The molecule has 0 aliphatic carbocycles. The monoisotopic (exact) mass is 363 g/mol. The predicted molar refractivity (Wildman–Crippen MR) is 114 cm³/mol. The topological polar surface area (TPSA) is 27.7 Å². The molecule has 0 aromatic heterocycles. The maximum atomic E-state index is 5.50. The van der Waals surface area contributed by atoms with Crippen molar-refractivity contribution in [1.82, 2.24) is 10.2 Å². The molecule has 0 bridgehead atoms. The van der Waals surface area contributed by atoms with Crippen molar-refractivity contribution < 1.29 is 4.74 Å². The molecule has 0 radical (unpaired) electrons. The van der Waals surface area contributed by atoms with Gasteiger partial charge in [-0.15, -0.1) is 0 Å². The molecule has 1 fully saturated rings. The highest BCUT2D eigenvalue weighted by Gasteiger charge is 2.19. The lowest BCUT2D eigenvalue weighted by molar-refractivity contribution is 0.249. The van der Waals surface area contributed by atoms with Crippen molar-refractivity contribution in [2.24, 2.45) is 0 Å². The lowest BCUT2D eigenvalue weighted by Gasteiger charge is -2.36. The van der Waals surface area contributed by atoms with Crippen molar-refractivity contribution in [3.8, 4) is 5.75 Å². The van der Waals surface area contributed by atoms with Crippen LogP contribution in [0.25, 0.3) is 6.08 Å². The summed E-state index contributed by atoms with van der Waals surface area (Å²) in [6.07, 6.45) is 4.07. The molecule has 1 N–H and O–H groups in total. The minimum atomic E-state index is 0.909. The number of benzene rings is 2. The Balaban J connectivity index is 1.53. The van der Waals surface area contributed by atoms with Gasteiger partial charge in [0.05, 0.1) is 12.8 Å². The van der Waals surface area contributed by atoms with Crippen LogP contribution in [-0.2, 0) is 6.54 Å². The first kappa shape index (κ1) is 19.1. The minimum Gasteiger partial charge on any atom is -0.495 e. The number of hydrogen-bond acceptors (Lipinski definition) is 4. The van der Waals surface area contributed by atoms with Gasteiger partial charge < -0.3 is 15.0 Å². The fraction of sp³-hybridized carbons (Fsp3) is 0.304. The van der Waals surface area contributed by atoms with Crippen molar-refractivity contribution >= 4 is 11.8 Å². The number of nitrogens with zero attached hydrogens (tertiary/aromatic N) is 2. The zero-order valence-corrected chi connectivity index (χ0v) is 16.3. The first-order valence-electron chi connectivity index (χ1n) is 9.43. The summed E-state index contributed by atoms with van der Waals surface area (Å²) in [4.78, 5) is 4.93. The quantitative estimate of drug-likeness (QED) is 0.758. The summed E-state index contributed by atoms with van der Waals surface area (Å²) in [5.74, 6) is 0.954. The van der Waals surface area contributed by atoms with Crippen LogP contribution in [0.2, 0.25) is 0 Å². The number of piperazine rings is 1. The van der Waals surface area contributed by atoms with Crippen LogP contribution in [0.3, 0.4) is 0 Å². The lowest BCUT2D eigenvalue weighted by Crippen LogP contribution is -2.46. The lowest BCUT2D eigenvalue weighted by atomic mass is 10.1. The molecule has 27 heavy (non-hydrogen) atoms. The van der Waals surface area contributed by atoms with E-state index in [4.69, 9.17) is 4.74 Å². The van der Waals surface area contributed by atoms with Crippen LogP contribution in [0.15, 0.2) is 66.9 Å². The standard InChI is InChI=1S/C23H29N3O/c1-19(24-2)8-9-20-10-12-21(13-11-20)18-25-14-16-26(17-15-25)22-6-4-5-7-23(22)27-3/h4-13,24H,1,14-18H2,2-3H3/b9-8+. The first-order valence-corrected chi connectivity index (χ1v) is 9.43. The average molecular weight is 364 g/mol. The van der Waals surface area contributed by atoms with Crippen LogP contribution in [0, 0.1) is 0 Å². The molecule has 3 rings (SSSR count). The second kappa shape index (κ2) is 9.28. The molecule has 1 saturated heterocycles. The van der Waals surface area contributed by atoms with Crippen LogP contribution in [0.5, 0.6) is 5.75 Å². The fourth-order valence-corrected chi connectivity index (χ4v) is 3.31. The van der Waals surface area contributed by atoms with E-state index in [0.717, 1.165) is 44.2 Å². The molecule has 4 heteroatoms. The van der Waals surface area contributed by atoms with Gasteiger partial charge in [0, 0.05) is 45.5 Å². The molecule has 4 nitrogen and oxygen atoms in total. The number of hydrogen-bond donors (Lipinski definition) is 1. The molecule has 2 aromatic carbocycles. The van der Waals surface area contributed by atoms with Crippen molar-refractivity contribution in [1.29, 1.82) is 0 Å². The zero-order chi connectivity index (χ0) is 19.1. The maximum Gasteiger partial charge on any atom is 0.142 e. The summed E-state index contributed by atoms with van der Waals surface area (Å²) < 4.78 is 5.50. The average Bonchev–Trinajstić information content (AvgIpc) is 2.73. The molecule has 0 saturated carbocycles. The second-order valence-electron chi connectivity index (χ2n) is 6.79. The Morgan fingerprint density at radius 2 is 1.78 bits per heavy atom. The van der Waals surface area contributed by atoms with Gasteiger partial charge >= 0.3 is 0 Å². The largest absolute Gasteiger partial charge is 0.495 e. The Morgan fingerprint density at radius 3 is 2.44 bits per heavy atom. The SMILES string of the molecule is C=C(/C=C/c1ccc(CN2CCN(c3ccccc3OC)CC2)cc1)NC. The zero-order valence-electron chi connectivity index (χ0n) is 16.3. The van der Waals surface area contributed by atoms with E-state index in [-0.39, 0.29) is 0 Å². The van der Waals surface area contributed by atoms with E-state index in [1.807, 2.05) is 25.3 Å². The smallest absolute Gasteiger partial charge is 0.142 e. The molecule has 0 amide bonds. The van der Waals surface area contributed by atoms with Gasteiger partial charge in [-0.25, -0.2) is 0 Å². The summed E-state index contributed by atoms with van der Waals surface area (Å²) >= 11 is 0. The van der Waals surface area contributed by atoms with Crippen LogP contribution >= 0.6 is 0 Å². The highest BCUT2D eigenvalue weighted by Crippen LogP contribution is 2.28. The summed E-state index contributed by atoms with van der Waals surface area (Å²) in [6, 6.07) is 17.0. The van der Waals surface area contributed by atoms with Crippen molar-refractivity contribution in [2.75, 3.05) is 45.2 Å². The number of anilines is 1. The fourth-order valence-electron chi connectivity index (χ4n) is 3.31. The summed E-state index contributed by atoms with van der Waals surface area (Å²) in [5, 5.41) is 3.02. The van der Waals surface area contributed by atoms with Gasteiger partial charge in [-0.3, -0.25) is 4.90 Å². The number of methoxy groups -OCH3 is 1. The number of likely N-dealkylation sites (N-methyl/N-ethyl adjacent to an activating group) is 1. The summed E-state index contributed by atoms with van der Waals surface area (Å²) in [6.45, 7) is 9.06. The Hall–Kier alpha value is -2.72. The molecule has 0 spiro atoms. The Kier molecular flexibility index (Phi) is 6.55. The van der Waals surface area contributed by atoms with E-state index in [2.05, 4.69) is 64.2 Å². The van der Waals surface area contributed by atoms with Crippen LogP contribution in [0.1, 0.15) is 11.1 Å². The number of para-hydroxylation sites is 2. The first-order chi connectivity index (χ1) is 13.2. The molecule has 142 valence electrons. The van der Waals surface area contributed by atoms with E-state index in [1.54, 1.807) is 7.11 Å². The van der Waals surface area contributed by atoms with Gasteiger partial charge in [-0.05, 0) is 29.3 Å². The van der Waals surface area contributed by atoms with Crippen molar-refractivity contribution in [3.05, 3.63) is 78.0 Å². The molecule has 2 aromatic rings. The van der Waals surface area contributed by atoms with E-state index in [9.17, 15) is 0 Å². The number of allylic oxidation sites excluding steroid dienone is 1. The Labute approximate surface area is 162 Å². The van der Waals surface area contributed by atoms with E-state index in [0.29, 0.717) is 0 Å². The number of nitrogens with one attached hydrogen (secondary N) is 1. The Morgan fingerprint density at radius 1 is 1.07 bits per heavy atom. The second-order valence-corrected chi connectivity index (χ2v) is 6.79. The van der Waals surface area contributed by atoms with Gasteiger partial charge in [-0.2, -0.15) is 0 Å². The highest BCUT2D eigenvalue weighted by atomic mass is 16.5. The van der Waals surface area contributed by atoms with E-state index < -0.39 is 0 Å². The van der Waals surface area contributed by atoms with E-state index >= 15 is 0 Å². The Bertz CT molecular complexity index is 774. The third-order valence-electron chi connectivity index (χ3n) is 4.98. The van der Waals surface area contributed by atoms with Gasteiger partial charge in [0.15, 0.2) is 0 Å². The van der Waals surface area contributed by atoms with Gasteiger partial charge in [0.2, 0.25) is 0 Å². The van der Waals surface area contributed by atoms with Gasteiger partial charge in [0.25, 0.3) is 0 Å². The molecule has 0 atom stereocenters. The summed E-state index contributed by atoms with van der Waals surface area (Å²) in [7, 11) is 3.62. The van der Waals surface area contributed by atoms with Crippen LogP contribution < -0.4 is 15.0 Å².